The van der Waals surface area contributed by atoms with Gasteiger partial charge >= 0.3 is 0 Å². The minimum absolute atomic E-state index is 0.483. The van der Waals surface area contributed by atoms with Gasteiger partial charge in [-0.1, -0.05) is 107 Å². The van der Waals surface area contributed by atoms with Crippen molar-refractivity contribution < 1.29 is 0 Å². The van der Waals surface area contributed by atoms with Gasteiger partial charge in [0.1, 0.15) is 0 Å². The van der Waals surface area contributed by atoms with Crippen molar-refractivity contribution in [2.45, 2.75) is 169 Å². The molecular formula is C40H72Si. The molecule has 6 fully saturated rings. The Balaban J connectivity index is 1.30. The van der Waals surface area contributed by atoms with Crippen LogP contribution in [0.25, 0.3) is 0 Å². The summed E-state index contributed by atoms with van der Waals surface area (Å²) in [4.78, 5) is 0. The smallest absolute Gasteiger partial charge is 0.0546 e. The van der Waals surface area contributed by atoms with Gasteiger partial charge in [-0.3, -0.25) is 0 Å². The molecule has 6 rings (SSSR count). The van der Waals surface area contributed by atoms with Crippen LogP contribution in [-0.4, -0.2) is 8.07 Å². The number of hydrogen-bond donors (Lipinski definition) is 0. The summed E-state index contributed by atoms with van der Waals surface area (Å²) in [6.07, 6.45) is 21.8. The van der Waals surface area contributed by atoms with Gasteiger partial charge in [-0.15, -0.1) is 0 Å². The highest BCUT2D eigenvalue weighted by molar-refractivity contribution is 6.80. The second-order valence-corrected chi connectivity index (χ2v) is 25.7. The van der Waals surface area contributed by atoms with Gasteiger partial charge in [0.2, 0.25) is 0 Å². The SMILES string of the molecule is CC1CC2C(CC(C)(C)C)C3CCCCC3CC2C1[Si](C)(C)C1C(C)CC2C(CC(C)(C)C)C3CCCCC3CC21. The number of hydrogen-bond acceptors (Lipinski definition) is 0. The van der Waals surface area contributed by atoms with Crippen LogP contribution in [0.15, 0.2) is 0 Å². The van der Waals surface area contributed by atoms with Crippen LogP contribution in [0.5, 0.6) is 0 Å². The van der Waals surface area contributed by atoms with Crippen molar-refractivity contribution in [1.29, 1.82) is 0 Å². The van der Waals surface area contributed by atoms with Gasteiger partial charge in [-0.25, -0.2) is 0 Å². The molecule has 1 heteroatoms. The molecule has 0 aromatic carbocycles. The predicted octanol–water partition coefficient (Wildman–Crippen LogP) is 12.5. The standard InChI is InChI=1S/C40H72Si/c1-25-19-31-33(21-27-15-11-13-17-29(27)35(31)23-39(3,4)5)37(25)41(9,10)38-26(2)20-32-34(38)22-28-16-12-14-18-30(28)36(32)24-40(6,7)8/h25-38H,11-24H2,1-10H3. The van der Waals surface area contributed by atoms with Crippen LogP contribution in [0.4, 0.5) is 0 Å². The van der Waals surface area contributed by atoms with Crippen molar-refractivity contribution in [3.63, 3.8) is 0 Å². The zero-order chi connectivity index (χ0) is 29.5. The van der Waals surface area contributed by atoms with Gasteiger partial charge in [0.15, 0.2) is 0 Å². The van der Waals surface area contributed by atoms with E-state index in [9.17, 15) is 0 Å². The van der Waals surface area contributed by atoms with E-state index in [1.54, 1.807) is 51.4 Å². The van der Waals surface area contributed by atoms with Crippen LogP contribution in [0.1, 0.15) is 145 Å². The summed E-state index contributed by atoms with van der Waals surface area (Å²) >= 11 is 0. The number of fused-ring (bicyclic) bond motifs is 4. The number of rotatable bonds is 4. The molecule has 6 saturated carbocycles. The summed E-state index contributed by atoms with van der Waals surface area (Å²) in [5, 5.41) is 0. The van der Waals surface area contributed by atoms with Gasteiger partial charge in [-0.05, 0) is 144 Å². The van der Waals surface area contributed by atoms with E-state index >= 15 is 0 Å². The molecule has 14 atom stereocenters. The molecule has 6 aliphatic rings. The van der Waals surface area contributed by atoms with Crippen LogP contribution >= 0.6 is 0 Å². The van der Waals surface area contributed by atoms with Crippen LogP contribution in [0.2, 0.25) is 24.2 Å². The Hall–Kier alpha value is 0.217. The molecule has 41 heavy (non-hydrogen) atoms. The van der Waals surface area contributed by atoms with Crippen LogP contribution < -0.4 is 0 Å². The molecule has 0 spiro atoms. The van der Waals surface area contributed by atoms with Crippen molar-refractivity contribution in [2.24, 2.45) is 81.8 Å². The Bertz CT molecular complexity index is 831. The molecule has 0 radical (unpaired) electrons. The van der Waals surface area contributed by atoms with Gasteiger partial charge in [0.25, 0.3) is 0 Å². The van der Waals surface area contributed by atoms with E-state index in [1.807, 2.05) is 0 Å². The van der Waals surface area contributed by atoms with E-state index < -0.39 is 8.07 Å². The molecule has 0 amide bonds. The second kappa shape index (κ2) is 11.2. The first-order valence-electron chi connectivity index (χ1n) is 19.2. The van der Waals surface area contributed by atoms with Gasteiger partial charge in [-0.2, -0.15) is 0 Å². The maximum Gasteiger partial charge on any atom is 0.0546 e. The average Bonchev–Trinajstić information content (AvgIpc) is 3.38. The lowest BCUT2D eigenvalue weighted by atomic mass is 9.56. The second-order valence-electron chi connectivity index (χ2n) is 20.7. The van der Waals surface area contributed by atoms with E-state index in [2.05, 4.69) is 68.5 Å². The van der Waals surface area contributed by atoms with Crippen molar-refractivity contribution in [1.82, 2.24) is 0 Å². The van der Waals surface area contributed by atoms with E-state index in [1.165, 1.54) is 38.5 Å². The Morgan fingerprint density at radius 1 is 0.488 bits per heavy atom. The molecule has 14 unspecified atom stereocenters. The third-order valence-corrected chi connectivity index (χ3v) is 20.7. The lowest BCUT2D eigenvalue weighted by molar-refractivity contribution is -0.000136. The van der Waals surface area contributed by atoms with E-state index in [0.29, 0.717) is 10.8 Å². The summed E-state index contributed by atoms with van der Waals surface area (Å²) in [5.41, 5.74) is 3.15. The van der Waals surface area contributed by atoms with E-state index in [-0.39, 0.29) is 0 Å². The fourth-order valence-corrected chi connectivity index (χ4v) is 21.5. The highest BCUT2D eigenvalue weighted by atomic mass is 28.3. The molecule has 0 nitrogen and oxygen atoms in total. The van der Waals surface area contributed by atoms with Crippen LogP contribution in [0, 0.1) is 81.8 Å². The highest BCUT2D eigenvalue weighted by Crippen LogP contribution is 2.69. The largest absolute Gasteiger partial charge is 0.0689 e. The molecule has 0 bridgehead atoms. The molecule has 0 aliphatic heterocycles. The van der Waals surface area contributed by atoms with E-state index in [4.69, 9.17) is 0 Å². The summed E-state index contributed by atoms with van der Waals surface area (Å²) < 4.78 is 0. The molecule has 236 valence electrons. The van der Waals surface area contributed by atoms with Gasteiger partial charge < -0.3 is 0 Å². The molecule has 0 N–H and O–H groups in total. The fraction of sp³-hybridized carbons (Fsp3) is 1.00. The van der Waals surface area contributed by atoms with Crippen molar-refractivity contribution in [3.05, 3.63) is 0 Å². The van der Waals surface area contributed by atoms with Crippen molar-refractivity contribution in [2.75, 3.05) is 0 Å². The molecule has 0 aromatic heterocycles. The molecule has 0 aromatic rings. The minimum atomic E-state index is -1.47. The maximum absolute atomic E-state index is 2.98. The Labute approximate surface area is 258 Å². The zero-order valence-electron chi connectivity index (χ0n) is 29.5. The monoisotopic (exact) mass is 581 g/mol. The summed E-state index contributed by atoms with van der Waals surface area (Å²) in [6.45, 7) is 26.8. The lowest BCUT2D eigenvalue weighted by Gasteiger charge is -2.55. The molecule has 6 aliphatic carbocycles. The van der Waals surface area contributed by atoms with Crippen molar-refractivity contribution in [3.8, 4) is 0 Å². The summed E-state index contributed by atoms with van der Waals surface area (Å²) in [6, 6.07) is 0. The normalized spacial score (nSPS) is 48.7. The van der Waals surface area contributed by atoms with Crippen LogP contribution in [0.3, 0.4) is 0 Å². The zero-order valence-corrected chi connectivity index (χ0v) is 30.5. The third kappa shape index (κ3) is 5.85. The fourth-order valence-electron chi connectivity index (χ4n) is 14.8. The first kappa shape index (κ1) is 31.2. The quantitative estimate of drug-likeness (QED) is 0.290. The van der Waals surface area contributed by atoms with E-state index in [0.717, 1.165) is 82.1 Å². The predicted molar refractivity (Wildman–Crippen MR) is 182 cm³/mol. The average molecular weight is 581 g/mol. The van der Waals surface area contributed by atoms with Crippen molar-refractivity contribution >= 4 is 8.07 Å². The Kier molecular flexibility index (Phi) is 8.55. The first-order valence-corrected chi connectivity index (χ1v) is 22.3. The summed E-state index contributed by atoms with van der Waals surface area (Å²) in [5.74, 6) is 12.5. The molecule has 0 heterocycles. The third-order valence-electron chi connectivity index (χ3n) is 15.2. The van der Waals surface area contributed by atoms with Crippen LogP contribution in [-0.2, 0) is 0 Å². The Morgan fingerprint density at radius 2 is 0.854 bits per heavy atom. The first-order chi connectivity index (χ1) is 19.2. The topological polar surface area (TPSA) is 0 Å². The lowest BCUT2D eigenvalue weighted by Crippen LogP contribution is -2.50. The Morgan fingerprint density at radius 3 is 1.22 bits per heavy atom. The maximum atomic E-state index is 2.98. The van der Waals surface area contributed by atoms with Gasteiger partial charge in [0.05, 0.1) is 8.07 Å². The minimum Gasteiger partial charge on any atom is -0.0689 e. The molecular weight excluding hydrogens is 509 g/mol. The summed E-state index contributed by atoms with van der Waals surface area (Å²) in [7, 11) is -1.47. The van der Waals surface area contributed by atoms with Gasteiger partial charge in [0, 0.05) is 0 Å². The highest BCUT2D eigenvalue weighted by Gasteiger charge is 2.62. The molecule has 0 saturated heterocycles.